The highest BCUT2D eigenvalue weighted by molar-refractivity contribution is 5.93. The maximum atomic E-state index is 12.9. The number of fused-ring (bicyclic) bond motifs is 1. The molecule has 3 amide bonds. The number of nitrogens with zero attached hydrogens (tertiary/aromatic N) is 5. The van der Waals surface area contributed by atoms with E-state index in [0.717, 1.165) is 41.7 Å². The van der Waals surface area contributed by atoms with Gasteiger partial charge in [-0.3, -0.25) is 14.4 Å². The van der Waals surface area contributed by atoms with E-state index in [0.29, 0.717) is 19.5 Å². The van der Waals surface area contributed by atoms with Crippen molar-refractivity contribution in [2.75, 3.05) is 38.1 Å². The normalized spacial score (nSPS) is 19.7. The summed E-state index contributed by atoms with van der Waals surface area (Å²) < 4.78 is 1.90. The number of likely N-dealkylation sites (tertiary alicyclic amines) is 1. The highest BCUT2D eigenvalue weighted by Gasteiger charge is 2.31. The Hall–Kier alpha value is -3.29. The number of amides is 3. The fraction of sp³-hybridized carbons (Fsp3) is 0.381. The summed E-state index contributed by atoms with van der Waals surface area (Å²) in [5, 5.41) is 5.58. The molecule has 1 unspecified atom stereocenters. The van der Waals surface area contributed by atoms with Gasteiger partial charge in [0, 0.05) is 56.5 Å². The van der Waals surface area contributed by atoms with E-state index in [-0.39, 0.29) is 18.0 Å². The number of carbonyl (C=O) groups is 2. The number of aromatic amines is 1. The molecule has 2 aliphatic heterocycles. The molecule has 2 aliphatic rings. The third-order valence-corrected chi connectivity index (χ3v) is 6.02. The summed E-state index contributed by atoms with van der Waals surface area (Å²) in [5.74, 6) is 0.140. The smallest absolute Gasteiger partial charge is 0.324 e. The number of anilines is 1. The summed E-state index contributed by atoms with van der Waals surface area (Å²) in [4.78, 5) is 33.6. The summed E-state index contributed by atoms with van der Waals surface area (Å²) in [6.45, 7) is 2.78. The standard InChI is InChI=1S/C21H24N6O2/c1-24-8-9-26(21(24)29)17-12-23-27(14-17)16-6-7-25(13-16)20(28)10-15-11-22-19-5-3-2-4-18(15)19/h2-5,11-12,14,16,22H,6-10,13H2,1H3. The second-order valence-electron chi connectivity index (χ2n) is 7.85. The summed E-state index contributed by atoms with van der Waals surface area (Å²) in [7, 11) is 1.81. The molecule has 0 radical (unpaired) electrons. The zero-order valence-corrected chi connectivity index (χ0v) is 16.4. The van der Waals surface area contributed by atoms with Gasteiger partial charge in [0.25, 0.3) is 0 Å². The largest absolute Gasteiger partial charge is 0.361 e. The lowest BCUT2D eigenvalue weighted by Crippen LogP contribution is -2.30. The van der Waals surface area contributed by atoms with E-state index in [4.69, 9.17) is 0 Å². The number of hydrogen-bond donors (Lipinski definition) is 1. The third-order valence-electron chi connectivity index (χ3n) is 6.02. The van der Waals surface area contributed by atoms with E-state index in [1.54, 1.807) is 23.0 Å². The molecule has 29 heavy (non-hydrogen) atoms. The molecular formula is C21H24N6O2. The highest BCUT2D eigenvalue weighted by Crippen LogP contribution is 2.26. The minimum Gasteiger partial charge on any atom is -0.361 e. The topological polar surface area (TPSA) is 77.5 Å². The maximum absolute atomic E-state index is 12.9. The molecular weight excluding hydrogens is 368 g/mol. The Labute approximate surface area is 168 Å². The van der Waals surface area contributed by atoms with Crippen LogP contribution in [0.5, 0.6) is 0 Å². The maximum Gasteiger partial charge on any atom is 0.324 e. The van der Waals surface area contributed by atoms with Crippen molar-refractivity contribution in [2.45, 2.75) is 18.9 Å². The van der Waals surface area contributed by atoms with Crippen molar-refractivity contribution < 1.29 is 9.59 Å². The molecule has 0 saturated carbocycles. The second-order valence-corrected chi connectivity index (χ2v) is 7.85. The van der Waals surface area contributed by atoms with Gasteiger partial charge in [-0.05, 0) is 18.1 Å². The molecule has 8 heteroatoms. The highest BCUT2D eigenvalue weighted by atomic mass is 16.2. The van der Waals surface area contributed by atoms with Gasteiger partial charge in [0.1, 0.15) is 0 Å². The first kappa shape index (κ1) is 17.8. The number of rotatable bonds is 4. The zero-order chi connectivity index (χ0) is 20.0. The number of urea groups is 1. The Morgan fingerprint density at radius 2 is 2.10 bits per heavy atom. The first-order valence-electron chi connectivity index (χ1n) is 10.00. The van der Waals surface area contributed by atoms with E-state index in [2.05, 4.69) is 10.1 Å². The van der Waals surface area contributed by atoms with Crippen LogP contribution >= 0.6 is 0 Å². The molecule has 3 aromatic rings. The van der Waals surface area contributed by atoms with Crippen LogP contribution in [0.15, 0.2) is 42.9 Å². The lowest BCUT2D eigenvalue weighted by molar-refractivity contribution is -0.129. The number of likely N-dealkylation sites (N-methyl/N-ethyl adjacent to an activating group) is 1. The lowest BCUT2D eigenvalue weighted by Gasteiger charge is -2.17. The summed E-state index contributed by atoms with van der Waals surface area (Å²) in [5.41, 5.74) is 2.91. The quantitative estimate of drug-likeness (QED) is 0.740. The zero-order valence-electron chi connectivity index (χ0n) is 16.4. The molecule has 8 nitrogen and oxygen atoms in total. The van der Waals surface area contributed by atoms with E-state index >= 15 is 0 Å². The molecule has 5 rings (SSSR count). The van der Waals surface area contributed by atoms with Gasteiger partial charge in [0.2, 0.25) is 5.91 Å². The minimum atomic E-state index is 0.00602. The number of H-pyrrole nitrogens is 1. The number of hydrogen-bond acceptors (Lipinski definition) is 3. The number of para-hydroxylation sites is 1. The Balaban J connectivity index is 1.24. The monoisotopic (exact) mass is 392 g/mol. The van der Waals surface area contributed by atoms with Crippen LogP contribution in [0, 0.1) is 0 Å². The van der Waals surface area contributed by atoms with Crippen molar-refractivity contribution in [1.29, 1.82) is 0 Å². The minimum absolute atomic E-state index is 0.00602. The second kappa shape index (κ2) is 6.95. The van der Waals surface area contributed by atoms with Crippen LogP contribution in [0.4, 0.5) is 10.5 Å². The fourth-order valence-corrected chi connectivity index (χ4v) is 4.29. The summed E-state index contributed by atoms with van der Waals surface area (Å²) >= 11 is 0. The van der Waals surface area contributed by atoms with E-state index < -0.39 is 0 Å². The predicted octanol–water partition coefficient (Wildman–Crippen LogP) is 2.25. The number of aromatic nitrogens is 3. The molecule has 2 aromatic heterocycles. The van der Waals surface area contributed by atoms with E-state index in [1.165, 1.54) is 0 Å². The first-order valence-corrected chi connectivity index (χ1v) is 10.00. The predicted molar refractivity (Wildman–Crippen MR) is 110 cm³/mol. The van der Waals surface area contributed by atoms with Gasteiger partial charge < -0.3 is 14.8 Å². The van der Waals surface area contributed by atoms with Gasteiger partial charge in [-0.15, -0.1) is 0 Å². The molecule has 1 N–H and O–H groups in total. The van der Waals surface area contributed by atoms with Crippen LogP contribution in [0.3, 0.4) is 0 Å². The molecule has 150 valence electrons. The van der Waals surface area contributed by atoms with Gasteiger partial charge in [0.15, 0.2) is 0 Å². The molecule has 0 spiro atoms. The Bertz CT molecular complexity index is 1070. The third kappa shape index (κ3) is 3.14. The van der Waals surface area contributed by atoms with Gasteiger partial charge in [-0.1, -0.05) is 18.2 Å². The van der Waals surface area contributed by atoms with Gasteiger partial charge in [0.05, 0.1) is 24.3 Å². The van der Waals surface area contributed by atoms with Crippen molar-refractivity contribution in [1.82, 2.24) is 24.6 Å². The van der Waals surface area contributed by atoms with Crippen LogP contribution in [0.25, 0.3) is 10.9 Å². The Morgan fingerprint density at radius 3 is 2.93 bits per heavy atom. The molecule has 4 heterocycles. The lowest BCUT2D eigenvalue weighted by atomic mass is 10.1. The van der Waals surface area contributed by atoms with Crippen LogP contribution in [0.2, 0.25) is 0 Å². The van der Waals surface area contributed by atoms with Gasteiger partial charge >= 0.3 is 6.03 Å². The molecule has 1 atom stereocenters. The van der Waals surface area contributed by atoms with Crippen LogP contribution < -0.4 is 4.90 Å². The van der Waals surface area contributed by atoms with E-state index in [9.17, 15) is 9.59 Å². The molecule has 1 aromatic carbocycles. The number of benzene rings is 1. The molecule has 0 aliphatic carbocycles. The van der Waals surface area contributed by atoms with Crippen molar-refractivity contribution in [3.05, 3.63) is 48.4 Å². The molecule has 0 bridgehead atoms. The number of nitrogens with one attached hydrogen (secondary N) is 1. The average Bonchev–Trinajstić information content (AvgIpc) is 3.50. The first-order chi connectivity index (χ1) is 14.1. The summed E-state index contributed by atoms with van der Waals surface area (Å²) in [6.07, 6.45) is 6.87. The van der Waals surface area contributed by atoms with Gasteiger partial charge in [-0.2, -0.15) is 5.10 Å². The Morgan fingerprint density at radius 1 is 1.24 bits per heavy atom. The van der Waals surface area contributed by atoms with Crippen molar-refractivity contribution in [3.8, 4) is 0 Å². The number of carbonyl (C=O) groups excluding carboxylic acids is 2. The van der Waals surface area contributed by atoms with Crippen LogP contribution in [0.1, 0.15) is 18.0 Å². The molecule has 2 fully saturated rings. The van der Waals surface area contributed by atoms with Gasteiger partial charge in [-0.25, -0.2) is 4.79 Å². The van der Waals surface area contributed by atoms with Crippen molar-refractivity contribution in [3.63, 3.8) is 0 Å². The van der Waals surface area contributed by atoms with Crippen molar-refractivity contribution >= 4 is 28.5 Å². The summed E-state index contributed by atoms with van der Waals surface area (Å²) in [6, 6.07) is 8.20. The Kier molecular flexibility index (Phi) is 4.26. The van der Waals surface area contributed by atoms with Crippen molar-refractivity contribution in [2.24, 2.45) is 0 Å². The molecule has 2 saturated heterocycles. The van der Waals surface area contributed by atoms with Crippen LogP contribution in [-0.2, 0) is 11.2 Å². The van der Waals surface area contributed by atoms with E-state index in [1.807, 2.05) is 46.2 Å². The average molecular weight is 392 g/mol. The van der Waals surface area contributed by atoms with Crippen LogP contribution in [-0.4, -0.2) is 69.7 Å². The fourth-order valence-electron chi connectivity index (χ4n) is 4.29. The SMILES string of the molecule is CN1CCN(c2cnn(C3CCN(C(=O)Cc4c[nH]c5ccccc45)C3)c2)C1=O.